The van der Waals surface area contributed by atoms with Crippen molar-refractivity contribution in [1.82, 2.24) is 4.90 Å². The summed E-state index contributed by atoms with van der Waals surface area (Å²) in [6.07, 6.45) is 1.52. The molecule has 1 aliphatic heterocycles. The highest BCUT2D eigenvalue weighted by Crippen LogP contribution is 2.12. The van der Waals surface area contributed by atoms with Crippen molar-refractivity contribution in [2.45, 2.75) is 25.4 Å². The zero-order chi connectivity index (χ0) is 8.81. The molecule has 0 saturated carbocycles. The summed E-state index contributed by atoms with van der Waals surface area (Å²) in [6, 6.07) is 0. The van der Waals surface area contributed by atoms with Gasteiger partial charge in [0.15, 0.2) is 0 Å². The van der Waals surface area contributed by atoms with Crippen LogP contribution in [0.25, 0.3) is 0 Å². The van der Waals surface area contributed by atoms with E-state index in [9.17, 15) is 4.39 Å². The van der Waals surface area contributed by atoms with Crippen molar-refractivity contribution in [3.63, 3.8) is 0 Å². The molecule has 0 amide bonds. The van der Waals surface area contributed by atoms with Crippen LogP contribution in [0.4, 0.5) is 4.39 Å². The minimum Gasteiger partial charge on any atom is -0.303 e. The Kier molecular flexibility index (Phi) is 4.50. The van der Waals surface area contributed by atoms with Crippen molar-refractivity contribution in [2.24, 2.45) is 0 Å². The molecule has 0 unspecified atom stereocenters. The summed E-state index contributed by atoms with van der Waals surface area (Å²) >= 11 is 0. The van der Waals surface area contributed by atoms with Crippen LogP contribution in [-0.2, 0) is 4.89 Å². The van der Waals surface area contributed by atoms with E-state index >= 15 is 0 Å². The van der Waals surface area contributed by atoms with Crippen LogP contribution >= 0.6 is 0 Å². The monoisotopic (exact) mass is 177 g/mol. The Morgan fingerprint density at radius 3 is 2.67 bits per heavy atom. The van der Waals surface area contributed by atoms with Crippen molar-refractivity contribution in [3.05, 3.63) is 0 Å². The molecule has 1 saturated heterocycles. The van der Waals surface area contributed by atoms with Crippen LogP contribution in [0.1, 0.15) is 19.3 Å². The Labute approximate surface area is 72.1 Å². The lowest BCUT2D eigenvalue weighted by molar-refractivity contribution is -0.243. The fourth-order valence-electron chi connectivity index (χ4n) is 1.48. The summed E-state index contributed by atoms with van der Waals surface area (Å²) in [7, 11) is 0. The molecular weight excluding hydrogens is 161 g/mol. The van der Waals surface area contributed by atoms with E-state index in [1.165, 1.54) is 0 Å². The number of halogens is 1. The smallest absolute Gasteiger partial charge is 0.103 e. The summed E-state index contributed by atoms with van der Waals surface area (Å²) in [5.41, 5.74) is 0. The lowest BCUT2D eigenvalue weighted by Gasteiger charge is -2.28. The number of likely N-dealkylation sites (tertiary alicyclic amines) is 1. The predicted molar refractivity (Wildman–Crippen MR) is 43.8 cm³/mol. The third-order valence-corrected chi connectivity index (χ3v) is 2.23. The van der Waals surface area contributed by atoms with Gasteiger partial charge in [0.2, 0.25) is 0 Å². The molecule has 1 heterocycles. The summed E-state index contributed by atoms with van der Waals surface area (Å²) in [5, 5.41) is 8.06. The average Bonchev–Trinajstić information content (AvgIpc) is 2.09. The maximum Gasteiger partial charge on any atom is 0.103 e. The molecule has 0 aromatic rings. The number of hydrogen-bond acceptors (Lipinski definition) is 3. The van der Waals surface area contributed by atoms with Gasteiger partial charge in [0.1, 0.15) is 6.17 Å². The second-order valence-electron chi connectivity index (χ2n) is 3.20. The van der Waals surface area contributed by atoms with Crippen LogP contribution in [0.3, 0.4) is 0 Å². The molecule has 1 rings (SSSR count). The first-order chi connectivity index (χ1) is 5.83. The van der Waals surface area contributed by atoms with Gasteiger partial charge in [0, 0.05) is 19.6 Å². The second-order valence-corrected chi connectivity index (χ2v) is 3.20. The average molecular weight is 177 g/mol. The van der Waals surface area contributed by atoms with Crippen molar-refractivity contribution < 1.29 is 14.5 Å². The Hall–Kier alpha value is -0.190. The molecule has 0 aromatic carbocycles. The summed E-state index contributed by atoms with van der Waals surface area (Å²) in [4.78, 5) is 6.16. The van der Waals surface area contributed by atoms with Crippen LogP contribution in [0, 0.1) is 0 Å². The molecule has 1 fully saturated rings. The highest BCUT2D eigenvalue weighted by molar-refractivity contribution is 4.70. The van der Waals surface area contributed by atoms with Gasteiger partial charge >= 0.3 is 0 Å². The Bertz CT molecular complexity index is 116. The molecule has 72 valence electrons. The first-order valence-electron chi connectivity index (χ1n) is 4.45. The van der Waals surface area contributed by atoms with Gasteiger partial charge < -0.3 is 4.90 Å². The first-order valence-corrected chi connectivity index (χ1v) is 4.45. The fraction of sp³-hybridized carbons (Fsp3) is 1.00. The molecular formula is C8H16FNO2. The van der Waals surface area contributed by atoms with E-state index in [4.69, 9.17) is 5.26 Å². The van der Waals surface area contributed by atoms with Crippen LogP contribution < -0.4 is 0 Å². The Balaban J connectivity index is 2.01. The molecule has 1 N–H and O–H groups in total. The van der Waals surface area contributed by atoms with Gasteiger partial charge in [-0.05, 0) is 19.3 Å². The molecule has 0 spiro atoms. The highest BCUT2D eigenvalue weighted by Gasteiger charge is 2.17. The molecule has 0 aliphatic carbocycles. The van der Waals surface area contributed by atoms with Gasteiger partial charge in [-0.1, -0.05) is 0 Å². The van der Waals surface area contributed by atoms with Crippen molar-refractivity contribution in [1.29, 1.82) is 0 Å². The van der Waals surface area contributed by atoms with Gasteiger partial charge in [-0.25, -0.2) is 9.28 Å². The number of hydrogen-bond donors (Lipinski definition) is 1. The largest absolute Gasteiger partial charge is 0.303 e. The summed E-state index contributed by atoms with van der Waals surface area (Å²) in [6.45, 7) is 2.95. The minimum absolute atomic E-state index is 0.371. The number of rotatable bonds is 4. The van der Waals surface area contributed by atoms with E-state index in [0.717, 1.165) is 26.1 Å². The van der Waals surface area contributed by atoms with Crippen molar-refractivity contribution >= 4 is 0 Å². The molecule has 1 aliphatic rings. The maximum absolute atomic E-state index is 12.7. The van der Waals surface area contributed by atoms with Crippen LogP contribution in [-0.4, -0.2) is 42.6 Å². The lowest BCUT2D eigenvalue weighted by Crippen LogP contribution is -2.35. The minimum atomic E-state index is -0.602. The van der Waals surface area contributed by atoms with Crippen LogP contribution in [0.2, 0.25) is 0 Å². The molecule has 4 heteroatoms. The van der Waals surface area contributed by atoms with Gasteiger partial charge in [0.25, 0.3) is 0 Å². The fourth-order valence-corrected chi connectivity index (χ4v) is 1.48. The number of piperidine rings is 1. The molecule has 3 nitrogen and oxygen atoms in total. The normalized spacial score (nSPS) is 21.5. The highest BCUT2D eigenvalue weighted by atomic mass is 19.1. The van der Waals surface area contributed by atoms with E-state index in [1.54, 1.807) is 0 Å². The van der Waals surface area contributed by atoms with E-state index in [0.29, 0.717) is 19.4 Å². The Morgan fingerprint density at radius 1 is 1.42 bits per heavy atom. The summed E-state index contributed by atoms with van der Waals surface area (Å²) < 4.78 is 12.7. The molecule has 12 heavy (non-hydrogen) atoms. The molecule has 0 bridgehead atoms. The number of alkyl halides is 1. The third-order valence-electron chi connectivity index (χ3n) is 2.23. The predicted octanol–water partition coefficient (Wildman–Crippen LogP) is 1.30. The lowest BCUT2D eigenvalue weighted by atomic mass is 10.1. The zero-order valence-corrected chi connectivity index (χ0v) is 7.21. The van der Waals surface area contributed by atoms with Crippen LogP contribution in [0.5, 0.6) is 0 Å². The summed E-state index contributed by atoms with van der Waals surface area (Å²) in [5.74, 6) is 0. The zero-order valence-electron chi connectivity index (χ0n) is 7.21. The van der Waals surface area contributed by atoms with Crippen molar-refractivity contribution in [2.75, 3.05) is 26.2 Å². The van der Waals surface area contributed by atoms with Gasteiger partial charge in [-0.3, -0.25) is 5.26 Å². The quantitative estimate of drug-likeness (QED) is 0.399. The molecule has 0 aromatic heterocycles. The Morgan fingerprint density at radius 2 is 2.08 bits per heavy atom. The molecule has 0 radical (unpaired) electrons. The van der Waals surface area contributed by atoms with Gasteiger partial charge in [-0.2, -0.15) is 0 Å². The van der Waals surface area contributed by atoms with E-state index in [1.807, 2.05) is 0 Å². The van der Waals surface area contributed by atoms with E-state index in [2.05, 4.69) is 9.79 Å². The van der Waals surface area contributed by atoms with Gasteiger partial charge in [0.05, 0.1) is 6.61 Å². The van der Waals surface area contributed by atoms with E-state index < -0.39 is 6.17 Å². The standard InChI is InChI=1S/C8H16FNO2/c9-8-2-5-10(6-3-8)4-1-7-12-11/h8,11H,1-7H2. The van der Waals surface area contributed by atoms with Crippen molar-refractivity contribution in [3.8, 4) is 0 Å². The second kappa shape index (κ2) is 5.45. The van der Waals surface area contributed by atoms with Gasteiger partial charge in [-0.15, -0.1) is 0 Å². The third kappa shape index (κ3) is 3.47. The number of nitrogens with zero attached hydrogens (tertiary/aromatic N) is 1. The van der Waals surface area contributed by atoms with E-state index in [-0.39, 0.29) is 0 Å². The van der Waals surface area contributed by atoms with Crippen LogP contribution in [0.15, 0.2) is 0 Å². The topological polar surface area (TPSA) is 32.7 Å². The maximum atomic E-state index is 12.7. The first kappa shape index (κ1) is 9.89. The SMILES string of the molecule is OOCCCN1CCC(F)CC1. The molecule has 0 atom stereocenters.